The maximum absolute atomic E-state index is 12.7. The molecule has 134 valence electrons. The third kappa shape index (κ3) is 4.41. The fourth-order valence-corrected chi connectivity index (χ4v) is 2.95. The average Bonchev–Trinajstić information content (AvgIpc) is 3.51. The van der Waals surface area contributed by atoms with Crippen LogP contribution < -0.4 is 5.32 Å². The Morgan fingerprint density at radius 2 is 1.85 bits per heavy atom. The molecule has 1 aliphatic carbocycles. The number of amides is 2. The Balaban J connectivity index is 1.64. The predicted octanol–water partition coefficient (Wildman–Crippen LogP) is 3.53. The van der Waals surface area contributed by atoms with Crippen molar-refractivity contribution < 1.29 is 9.90 Å². The number of nitrogens with one attached hydrogen (secondary N) is 1. The molecular weight excluding hydrogens is 326 g/mol. The Kier molecular flexibility index (Phi) is 5.55. The first-order chi connectivity index (χ1) is 12.6. The molecule has 2 N–H and O–H groups in total. The molecule has 5 heteroatoms. The van der Waals surface area contributed by atoms with E-state index in [0.717, 1.165) is 24.0 Å². The van der Waals surface area contributed by atoms with Crippen LogP contribution >= 0.6 is 0 Å². The first kappa shape index (κ1) is 18.0. The lowest BCUT2D eigenvalue weighted by molar-refractivity contribution is 0.117. The van der Waals surface area contributed by atoms with Crippen molar-refractivity contribution in [3.8, 4) is 6.07 Å². The fraction of sp³-hybridized carbons (Fsp3) is 0.333. The summed E-state index contributed by atoms with van der Waals surface area (Å²) in [6, 6.07) is 18.5. The number of aliphatic hydroxyl groups is 1. The van der Waals surface area contributed by atoms with Crippen LogP contribution in [-0.2, 0) is 0 Å². The number of nitrogens with zero attached hydrogens (tertiary/aromatic N) is 2. The van der Waals surface area contributed by atoms with E-state index in [0.29, 0.717) is 5.56 Å². The second-order valence-corrected chi connectivity index (χ2v) is 6.72. The normalized spacial score (nSPS) is 15.6. The molecule has 0 aromatic heterocycles. The number of hydrogen-bond acceptors (Lipinski definition) is 3. The van der Waals surface area contributed by atoms with Gasteiger partial charge in [0.1, 0.15) is 0 Å². The summed E-state index contributed by atoms with van der Waals surface area (Å²) in [5, 5.41) is 22.4. The molecule has 2 aromatic rings. The summed E-state index contributed by atoms with van der Waals surface area (Å²) in [7, 11) is 0. The molecule has 2 aromatic carbocycles. The Morgan fingerprint density at radius 3 is 2.42 bits per heavy atom. The van der Waals surface area contributed by atoms with E-state index in [1.54, 1.807) is 17.0 Å². The van der Waals surface area contributed by atoms with Crippen molar-refractivity contribution in [2.45, 2.75) is 38.0 Å². The third-order valence-electron chi connectivity index (χ3n) is 4.68. The Bertz CT molecular complexity index is 779. The monoisotopic (exact) mass is 349 g/mol. The standard InChI is InChI=1S/C21H23N3O2/c1-15(17-9-7-16(13-22)8-10-17)23-21(26)24(19-11-12-19)14-20(25)18-5-3-2-4-6-18/h2-10,15,19-20,25H,11-12,14H2,1H3,(H,23,26)/t15-,20-/m1/s1. The minimum absolute atomic E-state index is 0.167. The van der Waals surface area contributed by atoms with Crippen LogP contribution in [0.25, 0.3) is 0 Å². The SMILES string of the molecule is C[C@@H](NC(=O)N(C[C@@H](O)c1ccccc1)C1CC1)c1ccc(C#N)cc1. The quantitative estimate of drug-likeness (QED) is 0.838. The van der Waals surface area contributed by atoms with Gasteiger partial charge in [-0.3, -0.25) is 0 Å². The molecule has 0 bridgehead atoms. The second kappa shape index (κ2) is 8.03. The van der Waals surface area contributed by atoms with Crippen LogP contribution in [0.5, 0.6) is 0 Å². The number of urea groups is 1. The van der Waals surface area contributed by atoms with E-state index in [2.05, 4.69) is 11.4 Å². The van der Waals surface area contributed by atoms with Crippen LogP contribution in [0.3, 0.4) is 0 Å². The van der Waals surface area contributed by atoms with Crippen molar-refractivity contribution in [1.82, 2.24) is 10.2 Å². The van der Waals surface area contributed by atoms with Gasteiger partial charge in [-0.25, -0.2) is 4.79 Å². The van der Waals surface area contributed by atoms with E-state index < -0.39 is 6.10 Å². The zero-order chi connectivity index (χ0) is 18.5. The van der Waals surface area contributed by atoms with Crippen LogP contribution in [0.2, 0.25) is 0 Å². The highest BCUT2D eigenvalue weighted by Crippen LogP contribution is 2.29. The van der Waals surface area contributed by atoms with Crippen LogP contribution in [-0.4, -0.2) is 28.6 Å². The van der Waals surface area contributed by atoms with E-state index in [1.165, 1.54) is 0 Å². The van der Waals surface area contributed by atoms with Gasteiger partial charge in [-0.2, -0.15) is 5.26 Å². The van der Waals surface area contributed by atoms with Crippen molar-refractivity contribution in [3.63, 3.8) is 0 Å². The highest BCUT2D eigenvalue weighted by Gasteiger charge is 2.34. The predicted molar refractivity (Wildman–Crippen MR) is 99.2 cm³/mol. The number of carbonyl (C=O) groups is 1. The van der Waals surface area contributed by atoms with Gasteiger partial charge >= 0.3 is 6.03 Å². The summed E-state index contributed by atoms with van der Waals surface area (Å²) in [6.45, 7) is 2.19. The fourth-order valence-electron chi connectivity index (χ4n) is 2.95. The van der Waals surface area contributed by atoms with Crippen LogP contribution in [0.1, 0.15) is 48.6 Å². The molecule has 1 aliphatic rings. The minimum Gasteiger partial charge on any atom is -0.387 e. The van der Waals surface area contributed by atoms with Gasteiger partial charge in [-0.1, -0.05) is 42.5 Å². The number of carbonyl (C=O) groups excluding carboxylic acids is 1. The molecule has 0 radical (unpaired) electrons. The van der Waals surface area contributed by atoms with E-state index in [-0.39, 0.29) is 24.7 Å². The van der Waals surface area contributed by atoms with Crippen molar-refractivity contribution in [2.24, 2.45) is 0 Å². The van der Waals surface area contributed by atoms with Gasteiger partial charge in [0.15, 0.2) is 0 Å². The molecule has 3 rings (SSSR count). The zero-order valence-electron chi connectivity index (χ0n) is 14.8. The summed E-state index contributed by atoms with van der Waals surface area (Å²) in [5.74, 6) is 0. The second-order valence-electron chi connectivity index (χ2n) is 6.72. The molecular formula is C21H23N3O2. The molecule has 1 fully saturated rings. The maximum atomic E-state index is 12.7. The van der Waals surface area contributed by atoms with Crippen molar-refractivity contribution in [2.75, 3.05) is 6.54 Å². The van der Waals surface area contributed by atoms with Crippen molar-refractivity contribution >= 4 is 6.03 Å². The third-order valence-corrected chi connectivity index (χ3v) is 4.68. The first-order valence-electron chi connectivity index (χ1n) is 8.88. The van der Waals surface area contributed by atoms with Gasteiger partial charge in [-0.15, -0.1) is 0 Å². The lowest BCUT2D eigenvalue weighted by Gasteiger charge is -2.27. The zero-order valence-corrected chi connectivity index (χ0v) is 14.8. The Labute approximate surface area is 153 Å². The van der Waals surface area contributed by atoms with E-state index in [9.17, 15) is 9.90 Å². The Morgan fingerprint density at radius 1 is 1.19 bits per heavy atom. The number of aliphatic hydroxyl groups excluding tert-OH is 1. The number of hydrogen-bond donors (Lipinski definition) is 2. The van der Waals surface area contributed by atoms with Gasteiger partial charge in [0, 0.05) is 6.04 Å². The van der Waals surface area contributed by atoms with Gasteiger partial charge in [0.2, 0.25) is 0 Å². The molecule has 0 saturated heterocycles. The van der Waals surface area contributed by atoms with Crippen molar-refractivity contribution in [3.05, 3.63) is 71.3 Å². The summed E-state index contributed by atoms with van der Waals surface area (Å²) in [6.07, 6.45) is 1.24. The number of nitriles is 1. The molecule has 0 heterocycles. The first-order valence-corrected chi connectivity index (χ1v) is 8.88. The summed E-state index contributed by atoms with van der Waals surface area (Å²) < 4.78 is 0. The van der Waals surface area contributed by atoms with Gasteiger partial charge in [0.25, 0.3) is 0 Å². The van der Waals surface area contributed by atoms with Crippen molar-refractivity contribution in [1.29, 1.82) is 5.26 Å². The average molecular weight is 349 g/mol. The van der Waals surface area contributed by atoms with E-state index in [1.807, 2.05) is 49.4 Å². The van der Waals surface area contributed by atoms with E-state index >= 15 is 0 Å². The molecule has 0 unspecified atom stereocenters. The van der Waals surface area contributed by atoms with Gasteiger partial charge in [-0.05, 0) is 43.0 Å². The number of benzene rings is 2. The van der Waals surface area contributed by atoms with Crippen LogP contribution in [0.15, 0.2) is 54.6 Å². The lowest BCUT2D eigenvalue weighted by Crippen LogP contribution is -2.44. The molecule has 2 amide bonds. The largest absolute Gasteiger partial charge is 0.387 e. The maximum Gasteiger partial charge on any atom is 0.318 e. The van der Waals surface area contributed by atoms with Crippen LogP contribution in [0, 0.1) is 11.3 Å². The summed E-state index contributed by atoms with van der Waals surface area (Å²) >= 11 is 0. The smallest absolute Gasteiger partial charge is 0.318 e. The Hall–Kier alpha value is -2.84. The van der Waals surface area contributed by atoms with Gasteiger partial charge < -0.3 is 15.3 Å². The highest BCUT2D eigenvalue weighted by atomic mass is 16.3. The molecule has 5 nitrogen and oxygen atoms in total. The molecule has 1 saturated carbocycles. The molecule has 0 aliphatic heterocycles. The summed E-state index contributed by atoms with van der Waals surface area (Å²) in [5.41, 5.74) is 2.35. The minimum atomic E-state index is -0.701. The molecule has 26 heavy (non-hydrogen) atoms. The highest BCUT2D eigenvalue weighted by molar-refractivity contribution is 5.75. The lowest BCUT2D eigenvalue weighted by atomic mass is 10.1. The molecule has 0 spiro atoms. The van der Waals surface area contributed by atoms with Gasteiger partial charge in [0.05, 0.1) is 30.3 Å². The van der Waals surface area contributed by atoms with Crippen LogP contribution in [0.4, 0.5) is 4.79 Å². The van der Waals surface area contributed by atoms with E-state index in [4.69, 9.17) is 5.26 Å². The topological polar surface area (TPSA) is 76.4 Å². The summed E-state index contributed by atoms with van der Waals surface area (Å²) in [4.78, 5) is 14.5. The number of rotatable bonds is 6. The molecule has 2 atom stereocenters.